The maximum atomic E-state index is 13.3. The Balaban J connectivity index is 2.33. The molecule has 7 unspecified atom stereocenters. The van der Waals surface area contributed by atoms with E-state index in [2.05, 4.69) is 32.1 Å². The third kappa shape index (κ3) is 15.6. The van der Waals surface area contributed by atoms with E-state index in [0.717, 1.165) is 30.4 Å². The molecule has 0 saturated carbocycles. The number of carbonyl (C=O) groups is 2. The summed E-state index contributed by atoms with van der Waals surface area (Å²) in [6, 6.07) is 6.45. The number of benzene rings is 1. The second-order valence-electron chi connectivity index (χ2n) is 13.7. The topological polar surface area (TPSA) is 116 Å². The van der Waals surface area contributed by atoms with Crippen molar-refractivity contribution in [3.8, 4) is 0 Å². The highest BCUT2D eigenvalue weighted by Gasteiger charge is 2.32. The first-order valence-corrected chi connectivity index (χ1v) is 19.2. The van der Waals surface area contributed by atoms with Crippen LogP contribution in [0.25, 0.3) is 0 Å². The van der Waals surface area contributed by atoms with E-state index >= 15 is 0 Å². The highest BCUT2D eigenvalue weighted by Crippen LogP contribution is 2.27. The molecule has 270 valence electrons. The molecular weight excluding hydrogens is 628 g/mol. The summed E-state index contributed by atoms with van der Waals surface area (Å²) in [5.41, 5.74) is 1.96. The third-order valence-electron chi connectivity index (χ3n) is 8.86. The molecule has 0 spiro atoms. The number of hydrogen-bond donors (Lipinski definition) is 1. The Morgan fingerprint density at radius 1 is 0.979 bits per heavy atom. The van der Waals surface area contributed by atoms with Crippen molar-refractivity contribution in [3.05, 3.63) is 65.8 Å². The predicted octanol–water partition coefficient (Wildman–Crippen LogP) is 8.56. The molecular formula is C39H60O8S. The van der Waals surface area contributed by atoms with Crippen molar-refractivity contribution in [3.63, 3.8) is 0 Å². The van der Waals surface area contributed by atoms with Gasteiger partial charge in [-0.3, -0.25) is 13.8 Å². The Labute approximate surface area is 290 Å². The fourth-order valence-corrected chi connectivity index (χ4v) is 6.96. The summed E-state index contributed by atoms with van der Waals surface area (Å²) in [5.74, 6) is -1.58. The lowest BCUT2D eigenvalue weighted by atomic mass is 9.90. The molecule has 1 aliphatic heterocycles. The zero-order valence-electron chi connectivity index (χ0n) is 30.2. The zero-order valence-corrected chi connectivity index (χ0v) is 31.0. The number of cyclic esters (lactones) is 1. The van der Waals surface area contributed by atoms with Gasteiger partial charge in [-0.05, 0) is 109 Å². The first kappa shape index (κ1) is 41.4. The van der Waals surface area contributed by atoms with Crippen molar-refractivity contribution in [1.29, 1.82) is 0 Å². The van der Waals surface area contributed by atoms with E-state index in [1.807, 2.05) is 32.9 Å². The Kier molecular flexibility index (Phi) is 18.4. The molecule has 2 rings (SSSR count). The second-order valence-corrected chi connectivity index (χ2v) is 15.3. The molecule has 1 aliphatic rings. The average molecular weight is 689 g/mol. The lowest BCUT2D eigenvalue weighted by Crippen LogP contribution is -2.36. The van der Waals surface area contributed by atoms with Crippen LogP contribution in [0.1, 0.15) is 118 Å². The number of rotatable bonds is 10. The van der Waals surface area contributed by atoms with E-state index in [4.69, 9.17) is 13.7 Å². The number of carbonyl (C=O) groups excluding carboxylic acids is 2. The minimum Gasteiger partial charge on any atom is -0.460 e. The van der Waals surface area contributed by atoms with Gasteiger partial charge in [-0.2, -0.15) is 8.42 Å². The molecule has 0 saturated heterocycles. The Bertz CT molecular complexity index is 1310. The van der Waals surface area contributed by atoms with Crippen LogP contribution >= 0.6 is 0 Å². The maximum Gasteiger partial charge on any atom is 0.311 e. The summed E-state index contributed by atoms with van der Waals surface area (Å²) in [4.78, 5) is 25.5. The van der Waals surface area contributed by atoms with Crippen molar-refractivity contribution in [1.82, 2.24) is 0 Å². The minimum absolute atomic E-state index is 0.0432. The molecule has 0 aromatic heterocycles. The fourth-order valence-electron chi connectivity index (χ4n) is 5.83. The van der Waals surface area contributed by atoms with Crippen LogP contribution in [0.3, 0.4) is 0 Å². The van der Waals surface area contributed by atoms with Gasteiger partial charge in [-0.1, -0.05) is 81.2 Å². The van der Waals surface area contributed by atoms with Gasteiger partial charge in [-0.15, -0.1) is 0 Å². The SMILES string of the molecule is CCCCC/C=C\C(C)=C\C1CC(C)C/C=C/CCC(OS(=O)(=O)c2ccc(C)cc2)C(OC(C)=O)CCC(C)CC(O)C(C)C(=O)O1. The number of ether oxygens (including phenoxy) is 2. The van der Waals surface area contributed by atoms with Crippen LogP contribution in [0.2, 0.25) is 0 Å². The number of aliphatic hydroxyl groups is 1. The molecule has 1 heterocycles. The highest BCUT2D eigenvalue weighted by atomic mass is 32.2. The fraction of sp³-hybridized carbons (Fsp3) is 0.641. The first-order chi connectivity index (χ1) is 22.7. The van der Waals surface area contributed by atoms with E-state index in [9.17, 15) is 23.1 Å². The average Bonchev–Trinajstić information content (AvgIpc) is 3.01. The van der Waals surface area contributed by atoms with Crippen molar-refractivity contribution in [2.75, 3.05) is 0 Å². The van der Waals surface area contributed by atoms with Crippen LogP contribution in [-0.2, 0) is 33.4 Å². The van der Waals surface area contributed by atoms with Crippen LogP contribution in [-0.4, -0.2) is 49.9 Å². The van der Waals surface area contributed by atoms with Gasteiger partial charge in [0.2, 0.25) is 0 Å². The van der Waals surface area contributed by atoms with E-state index in [1.165, 1.54) is 31.9 Å². The molecule has 7 atom stereocenters. The van der Waals surface area contributed by atoms with Gasteiger partial charge < -0.3 is 14.6 Å². The van der Waals surface area contributed by atoms with Crippen LogP contribution in [0.15, 0.2) is 65.1 Å². The van der Waals surface area contributed by atoms with Gasteiger partial charge in [0, 0.05) is 6.92 Å². The number of aryl methyl sites for hydroxylation is 1. The molecule has 48 heavy (non-hydrogen) atoms. The number of esters is 2. The van der Waals surface area contributed by atoms with Gasteiger partial charge in [-0.25, -0.2) is 0 Å². The molecule has 9 heteroatoms. The molecule has 0 aliphatic carbocycles. The number of hydrogen-bond acceptors (Lipinski definition) is 8. The molecule has 8 nitrogen and oxygen atoms in total. The summed E-state index contributed by atoms with van der Waals surface area (Å²) >= 11 is 0. The van der Waals surface area contributed by atoms with Gasteiger partial charge in [0.15, 0.2) is 0 Å². The standard InChI is InChI=1S/C39H60O8S/c1-8-9-10-11-13-16-29(3)25-34-26-30(4)17-14-12-15-18-38(47-48(43,44)35-22-19-28(2)20-23-35)37(45-33(7)40)24-21-31(5)27-36(41)32(6)39(42)46-34/h12-14,16,19-20,22-23,25,30-32,34,36-38,41H,8-11,15,17-18,21,24,26-27H2,1-7H3/b14-12+,16-13-,29-25+. The maximum absolute atomic E-state index is 13.3. The van der Waals surface area contributed by atoms with Crippen LogP contribution in [0, 0.1) is 24.7 Å². The van der Waals surface area contributed by atoms with Gasteiger partial charge in [0.1, 0.15) is 18.3 Å². The summed E-state index contributed by atoms with van der Waals surface area (Å²) in [5, 5.41) is 11.1. The van der Waals surface area contributed by atoms with Crippen LogP contribution in [0.4, 0.5) is 0 Å². The highest BCUT2D eigenvalue weighted by molar-refractivity contribution is 7.86. The van der Waals surface area contributed by atoms with E-state index < -0.39 is 52.4 Å². The molecule has 1 aromatic carbocycles. The number of unbranched alkanes of at least 4 members (excludes halogenated alkanes) is 3. The van der Waals surface area contributed by atoms with Gasteiger partial charge in [0.05, 0.1) is 16.9 Å². The van der Waals surface area contributed by atoms with Gasteiger partial charge in [0.25, 0.3) is 10.1 Å². The molecule has 1 N–H and O–H groups in total. The normalized spacial score (nSPS) is 28.3. The molecule has 0 radical (unpaired) electrons. The van der Waals surface area contributed by atoms with Crippen molar-refractivity contribution in [2.24, 2.45) is 17.8 Å². The lowest BCUT2D eigenvalue weighted by Gasteiger charge is -2.28. The molecule has 0 bridgehead atoms. The van der Waals surface area contributed by atoms with Crippen molar-refractivity contribution >= 4 is 22.1 Å². The largest absolute Gasteiger partial charge is 0.460 e. The Hall–Kier alpha value is -2.75. The first-order valence-electron chi connectivity index (χ1n) is 17.8. The van der Waals surface area contributed by atoms with E-state index in [1.54, 1.807) is 19.1 Å². The quantitative estimate of drug-likeness (QED) is 0.0855. The number of aliphatic hydroxyl groups excluding tert-OH is 1. The van der Waals surface area contributed by atoms with E-state index in [-0.39, 0.29) is 16.7 Å². The van der Waals surface area contributed by atoms with Crippen LogP contribution < -0.4 is 0 Å². The zero-order chi connectivity index (χ0) is 35.7. The van der Waals surface area contributed by atoms with E-state index in [0.29, 0.717) is 38.5 Å². The molecule has 0 fully saturated rings. The molecule has 0 amide bonds. The smallest absolute Gasteiger partial charge is 0.311 e. The van der Waals surface area contributed by atoms with Crippen LogP contribution in [0.5, 0.6) is 0 Å². The lowest BCUT2D eigenvalue weighted by molar-refractivity contribution is -0.156. The molecule has 1 aromatic rings. The summed E-state index contributed by atoms with van der Waals surface area (Å²) in [7, 11) is -4.13. The third-order valence-corrected chi connectivity index (χ3v) is 10.2. The van der Waals surface area contributed by atoms with Crippen molar-refractivity contribution < 1.29 is 36.8 Å². The second kappa shape index (κ2) is 21.4. The summed E-state index contributed by atoms with van der Waals surface area (Å²) < 4.78 is 44.1. The Morgan fingerprint density at radius 2 is 1.69 bits per heavy atom. The van der Waals surface area contributed by atoms with Gasteiger partial charge >= 0.3 is 11.9 Å². The Morgan fingerprint density at radius 3 is 2.35 bits per heavy atom. The predicted molar refractivity (Wildman–Crippen MR) is 191 cm³/mol. The summed E-state index contributed by atoms with van der Waals surface area (Å²) in [6.07, 6.45) is 15.1. The summed E-state index contributed by atoms with van der Waals surface area (Å²) in [6.45, 7) is 13.1. The monoisotopic (exact) mass is 688 g/mol. The number of allylic oxidation sites excluding steroid dienone is 5. The van der Waals surface area contributed by atoms with Crippen molar-refractivity contribution in [2.45, 2.75) is 148 Å². The minimum atomic E-state index is -4.13.